The fourth-order valence-corrected chi connectivity index (χ4v) is 1.25. The molecule has 3 N–H and O–H groups in total. The maximum absolute atomic E-state index is 10.9. The van der Waals surface area contributed by atoms with Crippen LogP contribution in [0.2, 0.25) is 0 Å². The fraction of sp³-hybridized carbons (Fsp3) is 0.364. The van der Waals surface area contributed by atoms with Gasteiger partial charge in [-0.25, -0.2) is 4.79 Å². The van der Waals surface area contributed by atoms with Gasteiger partial charge in [0.05, 0.1) is 12.2 Å². The highest BCUT2D eigenvalue weighted by molar-refractivity contribution is 5.95. The van der Waals surface area contributed by atoms with Crippen LogP contribution in [-0.4, -0.2) is 17.7 Å². The first-order valence-corrected chi connectivity index (χ1v) is 4.82. The molecule has 0 aliphatic carbocycles. The Morgan fingerprint density at radius 2 is 2.20 bits per heavy atom. The molecule has 4 nitrogen and oxygen atoms in total. The first-order valence-electron chi connectivity index (χ1n) is 4.82. The summed E-state index contributed by atoms with van der Waals surface area (Å²) in [6, 6.07) is 3.21. The summed E-state index contributed by atoms with van der Waals surface area (Å²) < 4.78 is 5.36. The number of aryl methyl sites for hydroxylation is 1. The molecule has 0 heterocycles. The fourth-order valence-electron chi connectivity index (χ4n) is 1.25. The summed E-state index contributed by atoms with van der Waals surface area (Å²) in [5, 5.41) is 8.90. The number of anilines is 1. The molecule has 82 valence electrons. The third kappa shape index (κ3) is 2.62. The van der Waals surface area contributed by atoms with Gasteiger partial charge >= 0.3 is 5.97 Å². The van der Waals surface area contributed by atoms with E-state index < -0.39 is 5.97 Å². The number of hydrogen-bond donors (Lipinski definition) is 2. The molecule has 0 amide bonds. The lowest BCUT2D eigenvalue weighted by Gasteiger charge is -2.09. The second kappa shape index (κ2) is 4.68. The van der Waals surface area contributed by atoms with Crippen molar-refractivity contribution in [1.29, 1.82) is 0 Å². The first-order chi connectivity index (χ1) is 7.06. The number of ether oxygens (including phenoxy) is 1. The van der Waals surface area contributed by atoms with Gasteiger partial charge in [-0.2, -0.15) is 0 Å². The summed E-state index contributed by atoms with van der Waals surface area (Å²) in [7, 11) is 0. The number of rotatable bonds is 4. The van der Waals surface area contributed by atoms with Crippen molar-refractivity contribution in [1.82, 2.24) is 0 Å². The van der Waals surface area contributed by atoms with Gasteiger partial charge in [0.1, 0.15) is 5.75 Å². The molecule has 0 spiro atoms. The summed E-state index contributed by atoms with van der Waals surface area (Å²) in [5.74, 6) is -0.474. The minimum absolute atomic E-state index is 0.0982. The van der Waals surface area contributed by atoms with Crippen molar-refractivity contribution in [2.45, 2.75) is 20.3 Å². The minimum atomic E-state index is -1.03. The summed E-state index contributed by atoms with van der Waals surface area (Å²) in [6.45, 7) is 4.32. The van der Waals surface area contributed by atoms with Gasteiger partial charge in [0.15, 0.2) is 0 Å². The number of nitrogens with two attached hydrogens (primary N) is 1. The van der Waals surface area contributed by atoms with Gasteiger partial charge in [0, 0.05) is 5.69 Å². The van der Waals surface area contributed by atoms with E-state index in [4.69, 9.17) is 15.6 Å². The third-order valence-electron chi connectivity index (χ3n) is 2.06. The Kier molecular flexibility index (Phi) is 3.55. The normalized spacial score (nSPS) is 10.0. The quantitative estimate of drug-likeness (QED) is 0.744. The molecule has 15 heavy (non-hydrogen) atoms. The van der Waals surface area contributed by atoms with E-state index in [1.165, 1.54) is 6.07 Å². The number of carbonyl (C=O) groups is 1. The topological polar surface area (TPSA) is 72.5 Å². The Morgan fingerprint density at radius 1 is 1.53 bits per heavy atom. The molecule has 0 unspecified atom stereocenters. The van der Waals surface area contributed by atoms with Crippen LogP contribution in [0.4, 0.5) is 5.69 Å². The van der Waals surface area contributed by atoms with Crippen molar-refractivity contribution < 1.29 is 14.6 Å². The van der Waals surface area contributed by atoms with Crippen LogP contribution in [0.3, 0.4) is 0 Å². The Labute approximate surface area is 88.7 Å². The van der Waals surface area contributed by atoms with E-state index in [9.17, 15) is 4.79 Å². The van der Waals surface area contributed by atoms with Crippen molar-refractivity contribution >= 4 is 11.7 Å². The highest BCUT2D eigenvalue weighted by Crippen LogP contribution is 2.24. The molecule has 0 radical (unpaired) electrons. The molecule has 0 aliphatic heterocycles. The van der Waals surface area contributed by atoms with Crippen LogP contribution in [0.15, 0.2) is 12.1 Å². The lowest BCUT2D eigenvalue weighted by Crippen LogP contribution is -2.05. The third-order valence-corrected chi connectivity index (χ3v) is 2.06. The van der Waals surface area contributed by atoms with Crippen LogP contribution in [0, 0.1) is 6.92 Å². The second-order valence-electron chi connectivity index (χ2n) is 3.36. The average Bonchev–Trinajstić information content (AvgIpc) is 2.19. The van der Waals surface area contributed by atoms with Gasteiger partial charge in [0.25, 0.3) is 0 Å². The largest absolute Gasteiger partial charge is 0.494 e. The van der Waals surface area contributed by atoms with Gasteiger partial charge in [-0.1, -0.05) is 6.92 Å². The molecule has 0 aliphatic rings. The predicted molar refractivity (Wildman–Crippen MR) is 58.3 cm³/mol. The molecule has 0 atom stereocenters. The van der Waals surface area contributed by atoms with Crippen molar-refractivity contribution in [3.8, 4) is 5.75 Å². The van der Waals surface area contributed by atoms with Crippen LogP contribution in [0.5, 0.6) is 5.75 Å². The van der Waals surface area contributed by atoms with Gasteiger partial charge in [-0.3, -0.25) is 0 Å². The molecular weight excluding hydrogens is 194 g/mol. The Hall–Kier alpha value is -1.71. The van der Waals surface area contributed by atoms with Crippen LogP contribution >= 0.6 is 0 Å². The van der Waals surface area contributed by atoms with E-state index in [1.54, 1.807) is 13.0 Å². The van der Waals surface area contributed by atoms with Crippen LogP contribution in [0.25, 0.3) is 0 Å². The monoisotopic (exact) mass is 209 g/mol. The molecule has 1 aromatic rings. The van der Waals surface area contributed by atoms with E-state index in [2.05, 4.69) is 0 Å². The lowest BCUT2D eigenvalue weighted by molar-refractivity contribution is 0.0697. The molecule has 0 saturated heterocycles. The zero-order chi connectivity index (χ0) is 11.4. The maximum Gasteiger partial charge on any atom is 0.337 e. The van der Waals surface area contributed by atoms with E-state index >= 15 is 0 Å². The van der Waals surface area contributed by atoms with Gasteiger partial charge in [-0.15, -0.1) is 0 Å². The molecule has 0 fully saturated rings. The van der Waals surface area contributed by atoms with Crippen molar-refractivity contribution in [3.05, 3.63) is 23.3 Å². The van der Waals surface area contributed by atoms with E-state index in [0.717, 1.165) is 12.0 Å². The van der Waals surface area contributed by atoms with Crippen LogP contribution in [0.1, 0.15) is 29.3 Å². The van der Waals surface area contributed by atoms with E-state index in [0.29, 0.717) is 18.0 Å². The number of benzene rings is 1. The molecule has 0 saturated carbocycles. The lowest BCUT2D eigenvalue weighted by atomic mass is 10.1. The Morgan fingerprint density at radius 3 is 2.73 bits per heavy atom. The summed E-state index contributed by atoms with van der Waals surface area (Å²) in [6.07, 6.45) is 0.881. The number of nitrogen functional groups attached to an aromatic ring is 1. The zero-order valence-corrected chi connectivity index (χ0v) is 8.91. The van der Waals surface area contributed by atoms with Gasteiger partial charge in [0.2, 0.25) is 0 Å². The van der Waals surface area contributed by atoms with Gasteiger partial charge < -0.3 is 15.6 Å². The Balaban J connectivity index is 3.06. The van der Waals surface area contributed by atoms with Gasteiger partial charge in [-0.05, 0) is 31.0 Å². The summed E-state index contributed by atoms with van der Waals surface area (Å²) in [5.41, 5.74) is 6.76. The molecule has 0 aromatic heterocycles. The van der Waals surface area contributed by atoms with E-state index in [1.807, 2.05) is 6.92 Å². The van der Waals surface area contributed by atoms with Crippen LogP contribution in [-0.2, 0) is 0 Å². The standard InChI is InChI=1S/C11H15NO3/c1-3-4-15-8-5-7(2)10(12)9(6-8)11(13)14/h5-6H,3-4,12H2,1-2H3,(H,13,14). The SMILES string of the molecule is CCCOc1cc(C)c(N)c(C(=O)O)c1. The Bertz CT molecular complexity index is 374. The maximum atomic E-state index is 10.9. The van der Waals surface area contributed by atoms with Crippen LogP contribution < -0.4 is 10.5 Å². The summed E-state index contributed by atoms with van der Waals surface area (Å²) >= 11 is 0. The smallest absolute Gasteiger partial charge is 0.337 e. The molecule has 1 aromatic carbocycles. The van der Waals surface area contributed by atoms with Crippen molar-refractivity contribution in [2.75, 3.05) is 12.3 Å². The number of hydrogen-bond acceptors (Lipinski definition) is 3. The zero-order valence-electron chi connectivity index (χ0n) is 8.91. The molecular formula is C11H15NO3. The highest BCUT2D eigenvalue weighted by atomic mass is 16.5. The van der Waals surface area contributed by atoms with Crippen molar-refractivity contribution in [2.24, 2.45) is 0 Å². The molecule has 0 bridgehead atoms. The number of carboxylic acid groups (broad SMARTS) is 1. The van der Waals surface area contributed by atoms with Crippen molar-refractivity contribution in [3.63, 3.8) is 0 Å². The van der Waals surface area contributed by atoms with E-state index in [-0.39, 0.29) is 5.56 Å². The molecule has 4 heteroatoms. The molecule has 1 rings (SSSR count). The number of carboxylic acids is 1. The highest BCUT2D eigenvalue weighted by Gasteiger charge is 2.12. The predicted octanol–water partition coefficient (Wildman–Crippen LogP) is 2.06. The average molecular weight is 209 g/mol. The first kappa shape index (κ1) is 11.4. The number of aromatic carboxylic acids is 1. The minimum Gasteiger partial charge on any atom is -0.494 e. The second-order valence-corrected chi connectivity index (χ2v) is 3.36. The summed E-state index contributed by atoms with van der Waals surface area (Å²) in [4.78, 5) is 10.9.